The van der Waals surface area contributed by atoms with Gasteiger partial charge in [-0.25, -0.2) is 0 Å². The summed E-state index contributed by atoms with van der Waals surface area (Å²) in [5.41, 5.74) is 1.47. The number of aromatic nitrogens is 2. The fourth-order valence-electron chi connectivity index (χ4n) is 2.99. The predicted molar refractivity (Wildman–Crippen MR) is 83.5 cm³/mol. The average Bonchev–Trinajstić information content (AvgIpc) is 2.98. The number of rotatable bonds is 6. The number of hydrogen-bond donors (Lipinski definition) is 3. The number of carbonyl (C=O) groups excluding carboxylic acids is 1. The Morgan fingerprint density at radius 3 is 2.91 bits per heavy atom. The molecule has 2 fully saturated rings. The Labute approximate surface area is 131 Å². The number of aromatic amines is 1. The monoisotopic (exact) mass is 306 g/mol. The van der Waals surface area contributed by atoms with Gasteiger partial charge in [0.05, 0.1) is 0 Å². The Morgan fingerprint density at radius 1 is 1.50 bits per heavy atom. The Hall–Kier alpha value is -1.40. The number of likely N-dealkylation sites (tertiary alicyclic amines) is 1. The molecule has 0 aromatic carbocycles. The van der Waals surface area contributed by atoms with Crippen LogP contribution in [0.5, 0.6) is 0 Å². The maximum atomic E-state index is 12.5. The summed E-state index contributed by atoms with van der Waals surface area (Å²) < 4.78 is 0. The quantitative estimate of drug-likeness (QED) is 0.695. The molecule has 1 saturated heterocycles. The summed E-state index contributed by atoms with van der Waals surface area (Å²) in [7, 11) is 0. The van der Waals surface area contributed by atoms with E-state index in [0.717, 1.165) is 25.1 Å². The molecule has 1 aliphatic carbocycles. The molecule has 0 spiro atoms. The van der Waals surface area contributed by atoms with E-state index in [2.05, 4.69) is 29.4 Å². The summed E-state index contributed by atoms with van der Waals surface area (Å²) >= 11 is 0. The van der Waals surface area contributed by atoms with Gasteiger partial charge in [0.1, 0.15) is 11.9 Å². The van der Waals surface area contributed by atoms with Crippen LogP contribution < -0.4 is 5.32 Å². The highest BCUT2D eigenvalue weighted by Gasteiger charge is 2.31. The van der Waals surface area contributed by atoms with Gasteiger partial charge in [-0.05, 0) is 30.7 Å². The van der Waals surface area contributed by atoms with Crippen LogP contribution in [0.1, 0.15) is 61.6 Å². The summed E-state index contributed by atoms with van der Waals surface area (Å²) in [4.78, 5) is 14.3. The lowest BCUT2D eigenvalue weighted by molar-refractivity contribution is 0.0766. The number of H-pyrrole nitrogens is 1. The number of nitrogens with zero attached hydrogens (tertiary/aromatic N) is 2. The number of amides is 1. The number of aliphatic hydroxyl groups excluding tert-OH is 1. The van der Waals surface area contributed by atoms with E-state index in [-0.39, 0.29) is 11.9 Å². The number of carbonyl (C=O) groups is 1. The first-order chi connectivity index (χ1) is 10.5. The van der Waals surface area contributed by atoms with Crippen LogP contribution in [0, 0.1) is 5.92 Å². The molecule has 3 N–H and O–H groups in total. The molecule has 1 amide bonds. The molecule has 2 atom stereocenters. The number of aliphatic hydroxyl groups is 1. The summed E-state index contributed by atoms with van der Waals surface area (Å²) in [6, 6.07) is 2.02. The van der Waals surface area contributed by atoms with Gasteiger partial charge in [0.2, 0.25) is 0 Å². The lowest BCUT2D eigenvalue weighted by Crippen LogP contribution is -2.41. The van der Waals surface area contributed by atoms with Crippen molar-refractivity contribution in [2.45, 2.75) is 57.7 Å². The molecule has 1 saturated carbocycles. The van der Waals surface area contributed by atoms with Gasteiger partial charge in [-0.15, -0.1) is 0 Å². The highest BCUT2D eigenvalue weighted by Crippen LogP contribution is 2.33. The lowest BCUT2D eigenvalue weighted by Gasteiger charge is -2.19. The van der Waals surface area contributed by atoms with Crippen molar-refractivity contribution in [3.8, 4) is 0 Å². The first-order valence-electron chi connectivity index (χ1n) is 8.31. The van der Waals surface area contributed by atoms with Crippen LogP contribution in [0.4, 0.5) is 0 Å². The minimum absolute atomic E-state index is 0.0240. The van der Waals surface area contributed by atoms with E-state index in [1.807, 2.05) is 11.0 Å². The van der Waals surface area contributed by atoms with Crippen LogP contribution in [-0.4, -0.2) is 51.5 Å². The van der Waals surface area contributed by atoms with Gasteiger partial charge in [0, 0.05) is 24.8 Å². The normalized spacial score (nSPS) is 23.3. The van der Waals surface area contributed by atoms with Gasteiger partial charge >= 0.3 is 0 Å². The van der Waals surface area contributed by atoms with Crippen molar-refractivity contribution in [3.63, 3.8) is 0 Å². The van der Waals surface area contributed by atoms with Crippen molar-refractivity contribution in [1.82, 2.24) is 20.4 Å². The van der Waals surface area contributed by atoms with Gasteiger partial charge in [0.25, 0.3) is 5.91 Å². The van der Waals surface area contributed by atoms with Crippen LogP contribution in [0.3, 0.4) is 0 Å². The predicted octanol–water partition coefficient (Wildman–Crippen LogP) is 1.46. The molecule has 2 unspecified atom stereocenters. The van der Waals surface area contributed by atoms with Crippen molar-refractivity contribution in [2.24, 2.45) is 5.92 Å². The molecular weight excluding hydrogens is 280 g/mol. The topological polar surface area (TPSA) is 81.2 Å². The van der Waals surface area contributed by atoms with Gasteiger partial charge in [-0.1, -0.05) is 26.7 Å². The maximum absolute atomic E-state index is 12.5. The van der Waals surface area contributed by atoms with E-state index < -0.39 is 6.23 Å². The van der Waals surface area contributed by atoms with Crippen molar-refractivity contribution >= 4 is 5.91 Å². The molecule has 1 aromatic heterocycles. The minimum Gasteiger partial charge on any atom is -0.379 e. The maximum Gasteiger partial charge on any atom is 0.274 e. The molecule has 6 heteroatoms. The molecular formula is C16H26N4O2. The van der Waals surface area contributed by atoms with Gasteiger partial charge < -0.3 is 10.0 Å². The summed E-state index contributed by atoms with van der Waals surface area (Å²) in [6.45, 7) is 5.50. The highest BCUT2D eigenvalue weighted by molar-refractivity contribution is 5.92. The highest BCUT2D eigenvalue weighted by atomic mass is 16.3. The average molecular weight is 306 g/mol. The molecule has 2 heterocycles. The van der Waals surface area contributed by atoms with Crippen molar-refractivity contribution in [2.75, 3.05) is 13.1 Å². The molecule has 3 rings (SSSR count). The fraction of sp³-hybridized carbons (Fsp3) is 0.750. The van der Waals surface area contributed by atoms with E-state index in [9.17, 15) is 9.90 Å². The van der Waals surface area contributed by atoms with Crippen molar-refractivity contribution in [1.29, 1.82) is 0 Å². The number of hydrogen-bond acceptors (Lipinski definition) is 4. The van der Waals surface area contributed by atoms with Crippen LogP contribution in [0.25, 0.3) is 0 Å². The largest absolute Gasteiger partial charge is 0.379 e. The zero-order chi connectivity index (χ0) is 15.7. The van der Waals surface area contributed by atoms with Crippen LogP contribution >= 0.6 is 0 Å². The standard InChI is InChI=1S/C16H26N4O2/c1-10(2)13-8-14(19-18-13)16(22)20-6-5-12(9-20)17-15(21)7-11-3-4-11/h8,10-12,15,17,21H,3-7,9H2,1-2H3,(H,18,19). The van der Waals surface area contributed by atoms with Crippen LogP contribution in [0.15, 0.2) is 6.07 Å². The Bertz CT molecular complexity index is 524. The SMILES string of the molecule is CC(C)c1cc(C(=O)N2CCC(NC(O)CC3CC3)C2)n[nH]1. The van der Waals surface area contributed by atoms with Crippen molar-refractivity contribution in [3.05, 3.63) is 17.5 Å². The summed E-state index contributed by atoms with van der Waals surface area (Å²) in [5.74, 6) is 1.00. The van der Waals surface area contributed by atoms with E-state index in [0.29, 0.717) is 24.1 Å². The van der Waals surface area contributed by atoms with Crippen LogP contribution in [0.2, 0.25) is 0 Å². The van der Waals surface area contributed by atoms with Crippen LogP contribution in [-0.2, 0) is 0 Å². The molecule has 0 radical (unpaired) electrons. The van der Waals surface area contributed by atoms with Gasteiger partial charge in [0.15, 0.2) is 0 Å². The third-order valence-corrected chi connectivity index (χ3v) is 4.60. The molecule has 22 heavy (non-hydrogen) atoms. The fourth-order valence-corrected chi connectivity index (χ4v) is 2.99. The second kappa shape index (κ2) is 6.38. The number of nitrogens with one attached hydrogen (secondary N) is 2. The molecule has 1 aliphatic heterocycles. The molecule has 0 bridgehead atoms. The Balaban J connectivity index is 1.51. The second-order valence-corrected chi connectivity index (χ2v) is 6.96. The smallest absolute Gasteiger partial charge is 0.274 e. The van der Waals surface area contributed by atoms with E-state index in [4.69, 9.17) is 0 Å². The van der Waals surface area contributed by atoms with Gasteiger partial charge in [-0.3, -0.25) is 15.2 Å². The first kappa shape index (κ1) is 15.5. The third kappa shape index (κ3) is 3.67. The van der Waals surface area contributed by atoms with E-state index in [1.165, 1.54) is 12.8 Å². The summed E-state index contributed by atoms with van der Waals surface area (Å²) in [5, 5.41) is 20.3. The lowest BCUT2D eigenvalue weighted by atomic mass is 10.1. The first-order valence-corrected chi connectivity index (χ1v) is 8.31. The van der Waals surface area contributed by atoms with E-state index >= 15 is 0 Å². The molecule has 1 aromatic rings. The zero-order valence-electron chi connectivity index (χ0n) is 13.4. The molecule has 6 nitrogen and oxygen atoms in total. The molecule has 2 aliphatic rings. The third-order valence-electron chi connectivity index (χ3n) is 4.60. The van der Waals surface area contributed by atoms with E-state index in [1.54, 1.807) is 0 Å². The second-order valence-electron chi connectivity index (χ2n) is 6.96. The Morgan fingerprint density at radius 2 is 2.27 bits per heavy atom. The van der Waals surface area contributed by atoms with Crippen molar-refractivity contribution < 1.29 is 9.90 Å². The minimum atomic E-state index is -0.439. The zero-order valence-corrected chi connectivity index (χ0v) is 13.4. The molecule has 122 valence electrons. The van der Waals surface area contributed by atoms with Gasteiger partial charge in [-0.2, -0.15) is 5.10 Å². The Kier molecular flexibility index (Phi) is 4.49. The summed E-state index contributed by atoms with van der Waals surface area (Å²) in [6.07, 6.45) is 3.76.